The van der Waals surface area contributed by atoms with E-state index in [2.05, 4.69) is 0 Å². The van der Waals surface area contributed by atoms with E-state index in [1.54, 1.807) is 0 Å². The molecule has 0 spiro atoms. The number of rotatable bonds is 0. The van der Waals surface area contributed by atoms with E-state index in [0.29, 0.717) is 0 Å². The van der Waals surface area contributed by atoms with Crippen LogP contribution in [0.1, 0.15) is 20.8 Å². The minimum absolute atomic E-state index is 0. The average molecular weight is 307 g/mol. The number of carboxylic acids is 3. The van der Waals surface area contributed by atoms with Crippen molar-refractivity contribution in [3.8, 4) is 0 Å². The molecule has 11 N–H and O–H groups in total. The van der Waals surface area contributed by atoms with Gasteiger partial charge in [0.05, 0.1) is 0 Å². The first-order chi connectivity index (χ1) is 5.20. The zero-order valence-corrected chi connectivity index (χ0v) is 10.6. The Hall–Kier alpha value is -1.23. The minimum atomic E-state index is -0.833. The Balaban J connectivity index is -0.0000000104. The molecule has 0 amide bonds. The molecule has 111 valence electrons. The molecule has 0 saturated carbocycles. The van der Waals surface area contributed by atoms with Crippen LogP contribution in [0.3, 0.4) is 0 Å². The third-order valence-corrected chi connectivity index (χ3v) is 0. The quantitative estimate of drug-likeness (QED) is 0.393. The molecular formula is C6H20MnO10. The van der Waals surface area contributed by atoms with Crippen molar-refractivity contribution in [1.29, 1.82) is 0 Å². The summed E-state index contributed by atoms with van der Waals surface area (Å²) in [5.41, 5.74) is 0. The van der Waals surface area contributed by atoms with E-state index >= 15 is 0 Å². The second-order valence-electron chi connectivity index (χ2n) is 1.56. The molecule has 0 rings (SSSR count). The van der Waals surface area contributed by atoms with Gasteiger partial charge < -0.3 is 37.2 Å². The van der Waals surface area contributed by atoms with Crippen molar-refractivity contribution in [1.82, 2.24) is 0 Å². The van der Waals surface area contributed by atoms with Gasteiger partial charge >= 0.3 is 0 Å². The van der Waals surface area contributed by atoms with Crippen molar-refractivity contribution in [3.05, 3.63) is 0 Å². The topological polar surface area (TPSA) is 238 Å². The monoisotopic (exact) mass is 307 g/mol. The van der Waals surface area contributed by atoms with Gasteiger partial charge in [-0.05, 0) is 0 Å². The molecule has 0 saturated heterocycles. The molecule has 0 aliphatic heterocycles. The maximum Gasteiger partial charge on any atom is 0.300 e. The molecule has 11 heteroatoms. The molecule has 10 nitrogen and oxygen atoms in total. The van der Waals surface area contributed by atoms with Crippen molar-refractivity contribution in [3.63, 3.8) is 0 Å². The summed E-state index contributed by atoms with van der Waals surface area (Å²) < 4.78 is 0. The molecule has 0 aliphatic carbocycles. The number of aliphatic carboxylic acids is 3. The molecule has 0 heterocycles. The molecule has 0 atom stereocenters. The predicted molar refractivity (Wildman–Crippen MR) is 54.4 cm³/mol. The van der Waals surface area contributed by atoms with Crippen molar-refractivity contribution >= 4 is 17.9 Å². The summed E-state index contributed by atoms with van der Waals surface area (Å²) in [6.45, 7) is 3.25. The fraction of sp³-hybridized carbons (Fsp3) is 0.500. The van der Waals surface area contributed by atoms with Crippen LogP contribution in [0, 0.1) is 0 Å². The van der Waals surface area contributed by atoms with Crippen molar-refractivity contribution in [2.75, 3.05) is 0 Å². The Morgan fingerprint density at radius 2 is 0.588 bits per heavy atom. The number of carbonyl (C=O) groups is 3. The first-order valence-electron chi connectivity index (χ1n) is 2.78. The van der Waals surface area contributed by atoms with Crippen LogP contribution in [-0.2, 0) is 31.5 Å². The second-order valence-corrected chi connectivity index (χ2v) is 1.56. The summed E-state index contributed by atoms with van der Waals surface area (Å²) in [7, 11) is 0. The maximum absolute atomic E-state index is 9.00. The number of hydrogen-bond donors (Lipinski definition) is 3. The zero-order chi connectivity index (χ0) is 10.7. The maximum atomic E-state index is 9.00. The number of carboxylic acid groups (broad SMARTS) is 3. The van der Waals surface area contributed by atoms with Crippen molar-refractivity contribution in [2.45, 2.75) is 20.8 Å². The smallest absolute Gasteiger partial charge is 0.300 e. The van der Waals surface area contributed by atoms with Gasteiger partial charge in [0, 0.05) is 37.8 Å². The zero-order valence-electron chi connectivity index (χ0n) is 9.44. The fourth-order valence-corrected chi connectivity index (χ4v) is 0. The van der Waals surface area contributed by atoms with Gasteiger partial charge in [-0.2, -0.15) is 0 Å². The van der Waals surface area contributed by atoms with Gasteiger partial charge in [0.15, 0.2) is 0 Å². The molecule has 1 radical (unpaired) electrons. The second kappa shape index (κ2) is 46.4. The van der Waals surface area contributed by atoms with Crippen LogP contribution < -0.4 is 0 Å². The van der Waals surface area contributed by atoms with Crippen LogP contribution in [0.25, 0.3) is 0 Å². The Kier molecular flexibility index (Phi) is 156. The first-order valence-corrected chi connectivity index (χ1v) is 2.78. The summed E-state index contributed by atoms with van der Waals surface area (Å²) in [5, 5.41) is 22.2. The molecule has 0 unspecified atom stereocenters. The Bertz CT molecular complexity index is 118. The van der Waals surface area contributed by atoms with Crippen LogP contribution >= 0.6 is 0 Å². The van der Waals surface area contributed by atoms with Gasteiger partial charge in [0.2, 0.25) is 0 Å². The van der Waals surface area contributed by atoms with Crippen molar-refractivity contribution in [2.24, 2.45) is 0 Å². The van der Waals surface area contributed by atoms with Gasteiger partial charge in [-0.3, -0.25) is 14.4 Å². The molecule has 0 aromatic rings. The summed E-state index contributed by atoms with van der Waals surface area (Å²) in [4.78, 5) is 27.0. The minimum Gasteiger partial charge on any atom is -0.481 e. The van der Waals surface area contributed by atoms with Crippen LogP contribution in [-0.4, -0.2) is 55.1 Å². The summed E-state index contributed by atoms with van der Waals surface area (Å²) in [6.07, 6.45) is 0. The molecule has 0 bridgehead atoms. The third-order valence-electron chi connectivity index (χ3n) is 0. The van der Waals surface area contributed by atoms with Gasteiger partial charge in [0.1, 0.15) is 0 Å². The molecule has 0 fully saturated rings. The van der Waals surface area contributed by atoms with Gasteiger partial charge in [-0.25, -0.2) is 0 Å². The Morgan fingerprint density at radius 3 is 0.588 bits per heavy atom. The van der Waals surface area contributed by atoms with E-state index in [1.165, 1.54) is 0 Å². The van der Waals surface area contributed by atoms with E-state index < -0.39 is 17.9 Å². The summed E-state index contributed by atoms with van der Waals surface area (Å²) >= 11 is 0. The van der Waals surface area contributed by atoms with E-state index in [-0.39, 0.29) is 39.0 Å². The van der Waals surface area contributed by atoms with E-state index in [1.807, 2.05) is 0 Å². The van der Waals surface area contributed by atoms with Crippen molar-refractivity contribution < 1.29 is 68.7 Å². The summed E-state index contributed by atoms with van der Waals surface area (Å²) in [6, 6.07) is 0. The molecule has 0 aliphatic rings. The fourth-order valence-electron chi connectivity index (χ4n) is 0. The molecule has 0 aromatic carbocycles. The summed E-state index contributed by atoms with van der Waals surface area (Å²) in [5.74, 6) is -2.50. The van der Waals surface area contributed by atoms with Gasteiger partial charge in [-0.1, -0.05) is 0 Å². The van der Waals surface area contributed by atoms with E-state index in [0.717, 1.165) is 20.8 Å². The van der Waals surface area contributed by atoms with E-state index in [4.69, 9.17) is 29.7 Å². The Morgan fingerprint density at radius 1 is 0.588 bits per heavy atom. The van der Waals surface area contributed by atoms with Crippen LogP contribution in [0.5, 0.6) is 0 Å². The number of hydrogen-bond acceptors (Lipinski definition) is 3. The normalized spacial score (nSPS) is 4.41. The SMILES string of the molecule is CC(=O)O.CC(=O)O.CC(=O)O.O.O.O.O.[Mn]. The molecule has 0 aromatic heterocycles. The largest absolute Gasteiger partial charge is 0.481 e. The van der Waals surface area contributed by atoms with Crippen LogP contribution in [0.4, 0.5) is 0 Å². The average Bonchev–Trinajstić information content (AvgIpc) is 1.54. The Labute approximate surface area is 108 Å². The first kappa shape index (κ1) is 57.0. The van der Waals surface area contributed by atoms with Crippen LogP contribution in [0.15, 0.2) is 0 Å². The van der Waals surface area contributed by atoms with Crippen LogP contribution in [0.2, 0.25) is 0 Å². The molecule has 17 heavy (non-hydrogen) atoms. The standard InChI is InChI=1S/3C2H4O2.Mn.4H2O/c3*1-2(3)4;;;;;/h3*1H3,(H,3,4);;4*1H2. The molecular weight excluding hydrogens is 287 g/mol. The van der Waals surface area contributed by atoms with Gasteiger partial charge in [0.25, 0.3) is 17.9 Å². The van der Waals surface area contributed by atoms with E-state index in [9.17, 15) is 0 Å². The predicted octanol–water partition coefficient (Wildman–Crippen LogP) is -3.03. The van der Waals surface area contributed by atoms with Gasteiger partial charge in [-0.15, -0.1) is 0 Å². The third kappa shape index (κ3) is 1590.